The van der Waals surface area contributed by atoms with Crippen LogP contribution in [0.2, 0.25) is 0 Å². The van der Waals surface area contributed by atoms with Gasteiger partial charge < -0.3 is 10.6 Å². The largest absolute Gasteiger partial charge is 0.399 e. The van der Waals surface area contributed by atoms with E-state index in [0.717, 1.165) is 43.6 Å². The third-order valence-electron chi connectivity index (χ3n) is 3.77. The number of fused-ring (bicyclic) bond motifs is 1. The smallest absolute Gasteiger partial charge is 0.226 e. The van der Waals surface area contributed by atoms with Crippen molar-refractivity contribution in [2.75, 3.05) is 17.2 Å². The van der Waals surface area contributed by atoms with Crippen LogP contribution in [0.5, 0.6) is 0 Å². The van der Waals surface area contributed by atoms with E-state index in [1.807, 2.05) is 23.1 Å². The second kappa shape index (κ2) is 6.60. The summed E-state index contributed by atoms with van der Waals surface area (Å²) in [5, 5.41) is 0. The Hall–Kier alpha value is -1.51. The van der Waals surface area contributed by atoms with Crippen molar-refractivity contribution in [2.24, 2.45) is 0 Å². The molecule has 2 rings (SSSR count). The summed E-state index contributed by atoms with van der Waals surface area (Å²) in [4.78, 5) is 14.3. The summed E-state index contributed by atoms with van der Waals surface area (Å²) in [6, 6.07) is 5.89. The third kappa shape index (κ3) is 3.49. The second-order valence-corrected chi connectivity index (χ2v) is 5.35. The summed E-state index contributed by atoms with van der Waals surface area (Å²) in [6.45, 7) is 3.04. The summed E-state index contributed by atoms with van der Waals surface area (Å²) in [5.74, 6) is 0.266. The molecule has 3 heteroatoms. The maximum atomic E-state index is 12.3. The van der Waals surface area contributed by atoms with Gasteiger partial charge in [-0.2, -0.15) is 0 Å². The number of nitrogens with zero attached hydrogens (tertiary/aromatic N) is 1. The topological polar surface area (TPSA) is 46.3 Å². The van der Waals surface area contributed by atoms with Gasteiger partial charge in [0.15, 0.2) is 0 Å². The number of nitrogens with two attached hydrogens (primary N) is 1. The molecular weight excluding hydrogens is 236 g/mol. The monoisotopic (exact) mass is 260 g/mol. The van der Waals surface area contributed by atoms with Crippen LogP contribution in [0.25, 0.3) is 0 Å². The van der Waals surface area contributed by atoms with Crippen molar-refractivity contribution in [1.82, 2.24) is 0 Å². The molecule has 0 radical (unpaired) electrons. The number of amides is 1. The number of hydrogen-bond acceptors (Lipinski definition) is 2. The first-order chi connectivity index (χ1) is 9.22. The third-order valence-corrected chi connectivity index (χ3v) is 3.77. The molecule has 3 nitrogen and oxygen atoms in total. The van der Waals surface area contributed by atoms with Gasteiger partial charge in [-0.3, -0.25) is 4.79 Å². The van der Waals surface area contributed by atoms with Crippen LogP contribution in [-0.2, 0) is 11.2 Å². The Morgan fingerprint density at radius 2 is 2.16 bits per heavy atom. The van der Waals surface area contributed by atoms with E-state index >= 15 is 0 Å². The van der Waals surface area contributed by atoms with Gasteiger partial charge in [0.1, 0.15) is 0 Å². The SMILES string of the molecule is CCCCCCC(=O)N1CCCc2cc(N)ccc21. The highest BCUT2D eigenvalue weighted by molar-refractivity contribution is 5.94. The molecule has 1 aromatic rings. The zero-order valence-corrected chi connectivity index (χ0v) is 11.8. The molecule has 0 fully saturated rings. The highest BCUT2D eigenvalue weighted by Gasteiger charge is 2.21. The van der Waals surface area contributed by atoms with Crippen LogP contribution < -0.4 is 10.6 Å². The van der Waals surface area contributed by atoms with Gasteiger partial charge in [0.25, 0.3) is 0 Å². The van der Waals surface area contributed by atoms with Crippen LogP contribution in [0.4, 0.5) is 11.4 Å². The molecule has 19 heavy (non-hydrogen) atoms. The van der Waals surface area contributed by atoms with Crippen LogP contribution in [0.15, 0.2) is 18.2 Å². The summed E-state index contributed by atoms with van der Waals surface area (Å²) in [7, 11) is 0. The van der Waals surface area contributed by atoms with Crippen molar-refractivity contribution in [3.8, 4) is 0 Å². The number of carbonyl (C=O) groups is 1. The zero-order chi connectivity index (χ0) is 13.7. The summed E-state index contributed by atoms with van der Waals surface area (Å²) in [6.07, 6.45) is 7.33. The Kier molecular flexibility index (Phi) is 4.83. The Labute approximate surface area is 115 Å². The molecule has 1 heterocycles. The molecule has 0 unspecified atom stereocenters. The van der Waals surface area contributed by atoms with Gasteiger partial charge in [-0.1, -0.05) is 26.2 Å². The first-order valence-electron chi connectivity index (χ1n) is 7.41. The van der Waals surface area contributed by atoms with E-state index < -0.39 is 0 Å². The maximum Gasteiger partial charge on any atom is 0.226 e. The summed E-state index contributed by atoms with van der Waals surface area (Å²) >= 11 is 0. The van der Waals surface area contributed by atoms with Crippen molar-refractivity contribution in [3.63, 3.8) is 0 Å². The average molecular weight is 260 g/mol. The number of rotatable bonds is 5. The number of carbonyl (C=O) groups excluding carboxylic acids is 1. The summed E-state index contributed by atoms with van der Waals surface area (Å²) < 4.78 is 0. The predicted molar refractivity (Wildman–Crippen MR) is 80.3 cm³/mol. The van der Waals surface area contributed by atoms with Crippen molar-refractivity contribution < 1.29 is 4.79 Å². The molecule has 1 aliphatic rings. The van der Waals surface area contributed by atoms with Crippen molar-refractivity contribution in [3.05, 3.63) is 23.8 Å². The fourth-order valence-corrected chi connectivity index (χ4v) is 2.71. The van der Waals surface area contributed by atoms with Crippen LogP contribution in [0.1, 0.15) is 51.0 Å². The van der Waals surface area contributed by atoms with Gasteiger partial charge in [-0.05, 0) is 43.0 Å². The maximum absolute atomic E-state index is 12.3. The van der Waals surface area contributed by atoms with E-state index in [1.165, 1.54) is 18.4 Å². The Morgan fingerprint density at radius 3 is 2.95 bits per heavy atom. The van der Waals surface area contributed by atoms with Crippen LogP contribution >= 0.6 is 0 Å². The summed E-state index contributed by atoms with van der Waals surface area (Å²) in [5.41, 5.74) is 8.89. The van der Waals surface area contributed by atoms with Gasteiger partial charge in [-0.15, -0.1) is 0 Å². The quantitative estimate of drug-likeness (QED) is 0.650. The van der Waals surface area contributed by atoms with E-state index in [9.17, 15) is 4.79 Å². The molecule has 1 aromatic carbocycles. The lowest BCUT2D eigenvalue weighted by Gasteiger charge is -2.29. The number of aryl methyl sites for hydroxylation is 1. The number of nitrogen functional groups attached to an aromatic ring is 1. The molecule has 0 bridgehead atoms. The Morgan fingerprint density at radius 1 is 1.32 bits per heavy atom. The lowest BCUT2D eigenvalue weighted by Crippen LogP contribution is -2.35. The van der Waals surface area contributed by atoms with Gasteiger partial charge in [0.05, 0.1) is 0 Å². The van der Waals surface area contributed by atoms with Crippen molar-refractivity contribution >= 4 is 17.3 Å². The number of unbranched alkanes of at least 4 members (excludes halogenated alkanes) is 3. The number of anilines is 2. The molecule has 0 saturated carbocycles. The van der Waals surface area contributed by atoms with Gasteiger partial charge in [0, 0.05) is 24.3 Å². The molecule has 1 aliphatic heterocycles. The van der Waals surface area contributed by atoms with Crippen molar-refractivity contribution in [2.45, 2.75) is 51.9 Å². The van der Waals surface area contributed by atoms with Crippen LogP contribution in [-0.4, -0.2) is 12.5 Å². The fourth-order valence-electron chi connectivity index (χ4n) is 2.71. The van der Waals surface area contributed by atoms with E-state index in [4.69, 9.17) is 5.73 Å². The Bertz CT molecular complexity index is 442. The molecule has 0 atom stereocenters. The van der Waals surface area contributed by atoms with Gasteiger partial charge in [-0.25, -0.2) is 0 Å². The minimum absolute atomic E-state index is 0.266. The lowest BCUT2D eigenvalue weighted by molar-refractivity contribution is -0.118. The predicted octanol–water partition coefficient (Wildman–Crippen LogP) is 3.52. The first-order valence-corrected chi connectivity index (χ1v) is 7.41. The van der Waals surface area contributed by atoms with Gasteiger partial charge >= 0.3 is 0 Å². The first kappa shape index (κ1) is 13.9. The fraction of sp³-hybridized carbons (Fsp3) is 0.562. The molecule has 0 aliphatic carbocycles. The molecule has 1 amide bonds. The Balaban J connectivity index is 2.00. The minimum Gasteiger partial charge on any atom is -0.399 e. The highest BCUT2D eigenvalue weighted by Crippen LogP contribution is 2.29. The van der Waals surface area contributed by atoms with Gasteiger partial charge in [0.2, 0.25) is 5.91 Å². The highest BCUT2D eigenvalue weighted by atomic mass is 16.2. The van der Waals surface area contributed by atoms with E-state index in [2.05, 4.69) is 6.92 Å². The van der Waals surface area contributed by atoms with E-state index in [0.29, 0.717) is 6.42 Å². The second-order valence-electron chi connectivity index (χ2n) is 5.35. The molecule has 0 saturated heterocycles. The lowest BCUT2D eigenvalue weighted by atomic mass is 10.0. The van der Waals surface area contributed by atoms with E-state index in [-0.39, 0.29) is 5.91 Å². The molecular formula is C16H24N2O. The molecule has 104 valence electrons. The molecule has 0 spiro atoms. The minimum atomic E-state index is 0.266. The normalized spacial score (nSPS) is 14.3. The number of hydrogen-bond donors (Lipinski definition) is 1. The average Bonchev–Trinajstić information content (AvgIpc) is 2.42. The van der Waals surface area contributed by atoms with Crippen molar-refractivity contribution in [1.29, 1.82) is 0 Å². The zero-order valence-electron chi connectivity index (χ0n) is 11.8. The molecule has 2 N–H and O–H groups in total. The standard InChI is InChI=1S/C16H24N2O/c1-2-3-4-5-8-16(19)18-11-6-7-13-12-14(17)9-10-15(13)18/h9-10,12H,2-8,11,17H2,1H3. The van der Waals surface area contributed by atoms with Crippen LogP contribution in [0, 0.1) is 0 Å². The number of benzene rings is 1. The van der Waals surface area contributed by atoms with E-state index in [1.54, 1.807) is 0 Å². The molecule has 0 aromatic heterocycles. The van der Waals surface area contributed by atoms with Crippen LogP contribution in [0.3, 0.4) is 0 Å².